The fourth-order valence-electron chi connectivity index (χ4n) is 4.55. The van der Waals surface area contributed by atoms with Gasteiger partial charge in [-0.1, -0.05) is 24.3 Å². The summed E-state index contributed by atoms with van der Waals surface area (Å²) in [5.41, 5.74) is 2.35. The molecule has 0 spiro atoms. The standard InChI is InChI=1S/C21H21N3O3/c25-12-18-19-14-5-1-2-7-16(14)23(20(26)13-8-9-13)11-17(19)24(18)21(27)15-6-3-4-10-22-15/h1-7,10,13,17-19,25H,8-9,11-12H2/t17-,18-,19+/m1/s1. The van der Waals surface area contributed by atoms with Crippen LogP contribution in [-0.2, 0) is 4.79 Å². The van der Waals surface area contributed by atoms with Crippen molar-refractivity contribution >= 4 is 17.5 Å². The van der Waals surface area contributed by atoms with E-state index in [-0.39, 0.29) is 42.3 Å². The van der Waals surface area contributed by atoms with Crippen molar-refractivity contribution in [3.63, 3.8) is 0 Å². The fourth-order valence-corrected chi connectivity index (χ4v) is 4.55. The monoisotopic (exact) mass is 363 g/mol. The van der Waals surface area contributed by atoms with Crippen molar-refractivity contribution in [3.8, 4) is 0 Å². The maximum Gasteiger partial charge on any atom is 0.273 e. The van der Waals surface area contributed by atoms with Crippen LogP contribution in [-0.4, -0.2) is 52.0 Å². The Morgan fingerprint density at radius 3 is 2.59 bits per heavy atom. The van der Waals surface area contributed by atoms with Gasteiger partial charge in [0.2, 0.25) is 5.91 Å². The lowest BCUT2D eigenvalue weighted by atomic mass is 9.71. The Kier molecular flexibility index (Phi) is 3.75. The average molecular weight is 363 g/mol. The molecule has 0 unspecified atom stereocenters. The van der Waals surface area contributed by atoms with Crippen LogP contribution in [0, 0.1) is 5.92 Å². The number of likely N-dealkylation sites (tertiary alicyclic amines) is 1. The van der Waals surface area contributed by atoms with E-state index < -0.39 is 0 Å². The first-order valence-electron chi connectivity index (χ1n) is 9.45. The third-order valence-corrected chi connectivity index (χ3v) is 6.00. The summed E-state index contributed by atoms with van der Waals surface area (Å²) in [5, 5.41) is 10.00. The number of aromatic nitrogens is 1. The normalized spacial score (nSPS) is 26.0. The average Bonchev–Trinajstić information content (AvgIpc) is 3.54. The molecule has 1 saturated heterocycles. The van der Waals surface area contributed by atoms with E-state index in [2.05, 4.69) is 4.98 Å². The van der Waals surface area contributed by atoms with E-state index in [0.717, 1.165) is 24.1 Å². The Hall–Kier alpha value is -2.73. The molecule has 138 valence electrons. The first-order valence-corrected chi connectivity index (χ1v) is 9.45. The lowest BCUT2D eigenvalue weighted by Crippen LogP contribution is -2.70. The zero-order chi connectivity index (χ0) is 18.5. The van der Waals surface area contributed by atoms with Crippen LogP contribution in [0.3, 0.4) is 0 Å². The molecular formula is C21H21N3O3. The van der Waals surface area contributed by atoms with Gasteiger partial charge < -0.3 is 14.9 Å². The number of aliphatic hydroxyl groups excluding tert-OH is 1. The van der Waals surface area contributed by atoms with Gasteiger partial charge in [0.15, 0.2) is 0 Å². The lowest BCUT2D eigenvalue weighted by molar-refractivity contribution is -0.120. The Morgan fingerprint density at radius 1 is 1.11 bits per heavy atom. The summed E-state index contributed by atoms with van der Waals surface area (Å²) >= 11 is 0. The molecule has 2 amide bonds. The molecule has 1 N–H and O–H groups in total. The van der Waals surface area contributed by atoms with Crippen molar-refractivity contribution in [3.05, 3.63) is 59.9 Å². The molecule has 27 heavy (non-hydrogen) atoms. The van der Waals surface area contributed by atoms with Gasteiger partial charge >= 0.3 is 0 Å². The fraction of sp³-hybridized carbons (Fsp3) is 0.381. The smallest absolute Gasteiger partial charge is 0.273 e. The van der Waals surface area contributed by atoms with Crippen LogP contribution >= 0.6 is 0 Å². The zero-order valence-electron chi connectivity index (χ0n) is 14.9. The summed E-state index contributed by atoms with van der Waals surface area (Å²) in [7, 11) is 0. The topological polar surface area (TPSA) is 73.7 Å². The Labute approximate surface area is 157 Å². The molecule has 0 bridgehead atoms. The molecule has 0 radical (unpaired) electrons. The van der Waals surface area contributed by atoms with Crippen LogP contribution in [0.1, 0.15) is 34.8 Å². The minimum atomic E-state index is -0.288. The third-order valence-electron chi connectivity index (χ3n) is 6.00. The van der Waals surface area contributed by atoms with Crippen molar-refractivity contribution in [2.45, 2.75) is 30.8 Å². The van der Waals surface area contributed by atoms with E-state index >= 15 is 0 Å². The second-order valence-electron chi connectivity index (χ2n) is 7.55. The van der Waals surface area contributed by atoms with Crippen LogP contribution < -0.4 is 4.90 Å². The molecule has 3 heterocycles. The molecule has 2 fully saturated rings. The van der Waals surface area contributed by atoms with E-state index in [1.165, 1.54) is 0 Å². The van der Waals surface area contributed by atoms with E-state index in [0.29, 0.717) is 12.2 Å². The van der Waals surface area contributed by atoms with Gasteiger partial charge in [-0.15, -0.1) is 0 Å². The number of fused-ring (bicyclic) bond motifs is 3. The molecule has 1 aromatic heterocycles. The van der Waals surface area contributed by atoms with Crippen molar-refractivity contribution in [2.75, 3.05) is 18.1 Å². The van der Waals surface area contributed by atoms with Gasteiger partial charge in [0.1, 0.15) is 5.69 Å². The number of benzene rings is 1. The largest absolute Gasteiger partial charge is 0.394 e. The number of nitrogens with zero attached hydrogens (tertiary/aromatic N) is 3. The van der Waals surface area contributed by atoms with Gasteiger partial charge in [-0.25, -0.2) is 0 Å². The molecular weight excluding hydrogens is 342 g/mol. The second kappa shape index (κ2) is 6.16. The highest BCUT2D eigenvalue weighted by Crippen LogP contribution is 2.49. The highest BCUT2D eigenvalue weighted by atomic mass is 16.3. The first-order chi connectivity index (χ1) is 13.2. The van der Waals surface area contributed by atoms with Crippen LogP contribution in [0.5, 0.6) is 0 Å². The number of hydrogen-bond acceptors (Lipinski definition) is 4. The maximum absolute atomic E-state index is 13.0. The highest BCUT2D eigenvalue weighted by molar-refractivity contribution is 5.99. The van der Waals surface area contributed by atoms with Crippen molar-refractivity contribution < 1.29 is 14.7 Å². The number of pyridine rings is 1. The van der Waals surface area contributed by atoms with E-state index in [1.54, 1.807) is 29.3 Å². The third kappa shape index (κ3) is 2.47. The maximum atomic E-state index is 13.0. The Morgan fingerprint density at radius 2 is 1.89 bits per heavy atom. The molecule has 2 aliphatic heterocycles. The molecule has 3 aliphatic rings. The van der Waals surface area contributed by atoms with E-state index in [1.807, 2.05) is 29.2 Å². The number of aliphatic hydroxyl groups is 1. The predicted molar refractivity (Wildman–Crippen MR) is 99.3 cm³/mol. The summed E-state index contributed by atoms with van der Waals surface area (Å²) < 4.78 is 0. The lowest BCUT2D eigenvalue weighted by Gasteiger charge is -2.58. The quantitative estimate of drug-likeness (QED) is 0.903. The number of carbonyl (C=O) groups is 2. The molecule has 3 atom stereocenters. The van der Waals surface area contributed by atoms with Gasteiger partial charge in [0, 0.05) is 30.3 Å². The van der Waals surface area contributed by atoms with Crippen LogP contribution in [0.4, 0.5) is 5.69 Å². The molecule has 5 rings (SSSR count). The molecule has 6 nitrogen and oxygen atoms in total. The highest BCUT2D eigenvalue weighted by Gasteiger charge is 2.56. The number of carbonyl (C=O) groups excluding carboxylic acids is 2. The van der Waals surface area contributed by atoms with E-state index in [4.69, 9.17) is 0 Å². The van der Waals surface area contributed by atoms with Gasteiger partial charge in [-0.3, -0.25) is 14.6 Å². The molecule has 1 aliphatic carbocycles. The van der Waals surface area contributed by atoms with Crippen LogP contribution in [0.15, 0.2) is 48.7 Å². The number of hydrogen-bond donors (Lipinski definition) is 1. The van der Waals surface area contributed by atoms with Crippen molar-refractivity contribution in [1.29, 1.82) is 0 Å². The molecule has 6 heteroatoms. The van der Waals surface area contributed by atoms with Crippen molar-refractivity contribution in [1.82, 2.24) is 9.88 Å². The molecule has 2 aromatic rings. The first kappa shape index (κ1) is 16.4. The summed E-state index contributed by atoms with van der Waals surface area (Å²) in [6.45, 7) is 0.372. The minimum absolute atomic E-state index is 0.0436. The number of para-hydroxylation sites is 1. The van der Waals surface area contributed by atoms with Gasteiger partial charge in [0.05, 0.1) is 18.7 Å². The summed E-state index contributed by atoms with van der Waals surface area (Å²) in [6.07, 6.45) is 3.49. The number of anilines is 1. The molecule has 1 aromatic carbocycles. The summed E-state index contributed by atoms with van der Waals surface area (Å²) in [6, 6.07) is 12.7. The summed E-state index contributed by atoms with van der Waals surface area (Å²) in [5.74, 6) is 0.123. The number of rotatable bonds is 3. The Bertz CT molecular complexity index is 897. The number of amides is 2. The predicted octanol–water partition coefficient (Wildman–Crippen LogP) is 1.81. The zero-order valence-corrected chi connectivity index (χ0v) is 14.9. The molecule has 1 saturated carbocycles. The second-order valence-corrected chi connectivity index (χ2v) is 7.55. The van der Waals surface area contributed by atoms with E-state index in [9.17, 15) is 14.7 Å². The minimum Gasteiger partial charge on any atom is -0.394 e. The van der Waals surface area contributed by atoms with Crippen LogP contribution in [0.2, 0.25) is 0 Å². The van der Waals surface area contributed by atoms with Gasteiger partial charge in [0.25, 0.3) is 5.91 Å². The Balaban J connectivity index is 1.52. The van der Waals surface area contributed by atoms with Gasteiger partial charge in [-0.2, -0.15) is 0 Å². The summed E-state index contributed by atoms with van der Waals surface area (Å²) in [4.78, 5) is 33.6. The van der Waals surface area contributed by atoms with Crippen LogP contribution in [0.25, 0.3) is 0 Å². The van der Waals surface area contributed by atoms with Gasteiger partial charge in [-0.05, 0) is 36.6 Å². The van der Waals surface area contributed by atoms with Crippen molar-refractivity contribution in [2.24, 2.45) is 5.92 Å². The SMILES string of the molecule is O=C(C1CC1)N1C[C@@H]2[C@H](c3ccccc31)[C@@H](CO)N2C(=O)c1ccccn1.